The maximum Gasteiger partial charge on any atom is 0.153 e. The maximum atomic E-state index is 9.93. The average Bonchev–Trinajstić information content (AvgIpc) is 2.41. The summed E-state index contributed by atoms with van der Waals surface area (Å²) in [5.74, 6) is 0. The molecular formula is C10H8N4O2. The number of aldehydes is 2. The Kier molecular flexibility index (Phi) is 4.98. The van der Waals surface area contributed by atoms with Gasteiger partial charge >= 0.3 is 0 Å². The van der Waals surface area contributed by atoms with Crippen LogP contribution in [0, 0.1) is 0 Å². The number of aromatic nitrogens is 4. The van der Waals surface area contributed by atoms with Gasteiger partial charge in [0.15, 0.2) is 12.6 Å². The lowest BCUT2D eigenvalue weighted by atomic mass is 10.4. The number of carbonyl (C=O) groups is 2. The second-order valence-corrected chi connectivity index (χ2v) is 2.58. The van der Waals surface area contributed by atoms with Gasteiger partial charge in [-0.1, -0.05) is 0 Å². The third kappa shape index (κ3) is 4.14. The number of carbonyl (C=O) groups excluding carboxylic acids is 2. The topological polar surface area (TPSA) is 85.7 Å². The summed E-state index contributed by atoms with van der Waals surface area (Å²) in [7, 11) is 0. The van der Waals surface area contributed by atoms with Gasteiger partial charge in [0.1, 0.15) is 12.7 Å². The summed E-state index contributed by atoms with van der Waals surface area (Å²) in [5.41, 5.74) is 1.01. The Labute approximate surface area is 91.4 Å². The van der Waals surface area contributed by atoms with Crippen molar-refractivity contribution in [1.29, 1.82) is 0 Å². The average molecular weight is 216 g/mol. The monoisotopic (exact) mass is 216 g/mol. The summed E-state index contributed by atoms with van der Waals surface area (Å²) in [4.78, 5) is 34.3. The lowest BCUT2D eigenvalue weighted by Gasteiger charge is -1.80. The van der Waals surface area contributed by atoms with Gasteiger partial charge in [-0.2, -0.15) is 0 Å². The number of hydrogen-bond acceptors (Lipinski definition) is 6. The van der Waals surface area contributed by atoms with E-state index in [1.165, 1.54) is 37.4 Å². The van der Waals surface area contributed by atoms with Crippen LogP contribution in [0.15, 0.2) is 37.4 Å². The predicted molar refractivity (Wildman–Crippen MR) is 54.8 cm³/mol. The predicted octanol–water partition coefficient (Wildman–Crippen LogP) is 0.578. The standard InChI is InChI=1S/2C5H4N2O/c2*8-3-5-1-6-4-7-2-5/h2*1-4H. The highest BCUT2D eigenvalue weighted by atomic mass is 16.1. The molecule has 0 aliphatic carbocycles. The lowest BCUT2D eigenvalue weighted by molar-refractivity contribution is 0.111. The Morgan fingerprint density at radius 1 is 0.688 bits per heavy atom. The minimum Gasteiger partial charge on any atom is -0.298 e. The van der Waals surface area contributed by atoms with Gasteiger partial charge in [0, 0.05) is 24.8 Å². The fourth-order valence-electron chi connectivity index (χ4n) is 0.743. The van der Waals surface area contributed by atoms with E-state index < -0.39 is 0 Å². The van der Waals surface area contributed by atoms with Crippen LogP contribution >= 0.6 is 0 Å². The van der Waals surface area contributed by atoms with Crippen LogP contribution in [0.1, 0.15) is 20.7 Å². The highest BCUT2D eigenvalue weighted by molar-refractivity contribution is 5.73. The van der Waals surface area contributed by atoms with Crippen LogP contribution in [0.3, 0.4) is 0 Å². The largest absolute Gasteiger partial charge is 0.298 e. The molecule has 16 heavy (non-hydrogen) atoms. The Morgan fingerprint density at radius 2 is 1.00 bits per heavy atom. The van der Waals surface area contributed by atoms with Gasteiger partial charge in [-0.25, -0.2) is 19.9 Å². The van der Waals surface area contributed by atoms with Gasteiger partial charge in [-0.05, 0) is 0 Å². The number of hydrogen-bond donors (Lipinski definition) is 0. The molecule has 0 saturated heterocycles. The third-order valence-corrected chi connectivity index (χ3v) is 1.43. The van der Waals surface area contributed by atoms with E-state index >= 15 is 0 Å². The van der Waals surface area contributed by atoms with Crippen molar-refractivity contribution in [3.63, 3.8) is 0 Å². The molecule has 0 fully saturated rings. The summed E-state index contributed by atoms with van der Waals surface area (Å²) in [5, 5.41) is 0. The first kappa shape index (κ1) is 11.6. The van der Waals surface area contributed by atoms with E-state index in [4.69, 9.17) is 0 Å². The quantitative estimate of drug-likeness (QED) is 0.682. The zero-order valence-electron chi connectivity index (χ0n) is 8.22. The SMILES string of the molecule is O=Cc1cncnc1.O=Cc1cncnc1. The highest BCUT2D eigenvalue weighted by Gasteiger charge is 1.83. The number of nitrogens with zero attached hydrogens (tertiary/aromatic N) is 4. The van der Waals surface area contributed by atoms with Gasteiger partial charge in [0.05, 0.1) is 11.1 Å². The second-order valence-electron chi connectivity index (χ2n) is 2.58. The first-order valence-electron chi connectivity index (χ1n) is 4.27. The zero-order valence-corrected chi connectivity index (χ0v) is 8.22. The third-order valence-electron chi connectivity index (χ3n) is 1.43. The van der Waals surface area contributed by atoms with Gasteiger partial charge in [-0.15, -0.1) is 0 Å². The Balaban J connectivity index is 0.000000160. The van der Waals surface area contributed by atoms with Crippen LogP contribution in [0.2, 0.25) is 0 Å². The molecule has 2 aromatic rings. The highest BCUT2D eigenvalue weighted by Crippen LogP contribution is 1.84. The molecule has 2 heterocycles. The van der Waals surface area contributed by atoms with Crippen molar-refractivity contribution in [2.45, 2.75) is 0 Å². The molecule has 6 nitrogen and oxygen atoms in total. The van der Waals surface area contributed by atoms with E-state index in [-0.39, 0.29) is 0 Å². The molecule has 0 atom stereocenters. The smallest absolute Gasteiger partial charge is 0.153 e. The Bertz CT molecular complexity index is 390. The molecule has 2 rings (SSSR count). The second kappa shape index (κ2) is 6.88. The van der Waals surface area contributed by atoms with E-state index in [0.29, 0.717) is 23.7 Å². The first-order chi connectivity index (χ1) is 7.86. The maximum absolute atomic E-state index is 9.93. The fraction of sp³-hybridized carbons (Fsp3) is 0. The molecule has 0 aliphatic heterocycles. The molecule has 0 bridgehead atoms. The van der Waals surface area contributed by atoms with Crippen molar-refractivity contribution in [1.82, 2.24) is 19.9 Å². The molecule has 0 saturated carbocycles. The van der Waals surface area contributed by atoms with E-state index in [9.17, 15) is 9.59 Å². The molecule has 0 unspecified atom stereocenters. The summed E-state index contributed by atoms with van der Waals surface area (Å²) in [6.45, 7) is 0. The van der Waals surface area contributed by atoms with Gasteiger partial charge in [0.2, 0.25) is 0 Å². The van der Waals surface area contributed by atoms with Crippen molar-refractivity contribution in [2.75, 3.05) is 0 Å². The molecule has 0 radical (unpaired) electrons. The molecule has 0 N–H and O–H groups in total. The minimum absolute atomic E-state index is 0.507. The van der Waals surface area contributed by atoms with Crippen molar-refractivity contribution in [3.05, 3.63) is 48.6 Å². The van der Waals surface area contributed by atoms with Crippen molar-refractivity contribution in [3.8, 4) is 0 Å². The molecule has 0 amide bonds. The summed E-state index contributed by atoms with van der Waals surface area (Å²) < 4.78 is 0. The van der Waals surface area contributed by atoms with Crippen molar-refractivity contribution in [2.24, 2.45) is 0 Å². The van der Waals surface area contributed by atoms with Gasteiger partial charge < -0.3 is 0 Å². The molecule has 0 aromatic carbocycles. The summed E-state index contributed by atoms with van der Waals surface area (Å²) in [6, 6.07) is 0. The van der Waals surface area contributed by atoms with Crippen molar-refractivity contribution < 1.29 is 9.59 Å². The van der Waals surface area contributed by atoms with E-state index in [1.54, 1.807) is 0 Å². The van der Waals surface area contributed by atoms with Crippen LogP contribution in [0.25, 0.3) is 0 Å². The zero-order chi connectivity index (χ0) is 11.6. The van der Waals surface area contributed by atoms with Crippen LogP contribution < -0.4 is 0 Å². The van der Waals surface area contributed by atoms with Crippen LogP contribution in [0.5, 0.6) is 0 Å². The van der Waals surface area contributed by atoms with E-state index in [0.717, 1.165) is 0 Å². The normalized spacial score (nSPS) is 8.50. The number of rotatable bonds is 2. The Hall–Kier alpha value is -2.50. The van der Waals surface area contributed by atoms with E-state index in [1.807, 2.05) is 0 Å². The molecule has 0 aliphatic rings. The molecule has 0 spiro atoms. The molecule has 6 heteroatoms. The first-order valence-corrected chi connectivity index (χ1v) is 4.27. The molecule has 80 valence electrons. The van der Waals surface area contributed by atoms with E-state index in [2.05, 4.69) is 19.9 Å². The fourth-order valence-corrected chi connectivity index (χ4v) is 0.743. The Morgan fingerprint density at radius 3 is 1.19 bits per heavy atom. The molecule has 2 aromatic heterocycles. The van der Waals surface area contributed by atoms with Crippen LogP contribution in [0.4, 0.5) is 0 Å². The van der Waals surface area contributed by atoms with Crippen molar-refractivity contribution >= 4 is 12.6 Å². The van der Waals surface area contributed by atoms with Gasteiger partial charge in [0.25, 0.3) is 0 Å². The van der Waals surface area contributed by atoms with Gasteiger partial charge in [-0.3, -0.25) is 9.59 Å². The minimum atomic E-state index is 0.507. The summed E-state index contributed by atoms with van der Waals surface area (Å²) in [6.07, 6.45) is 10.0. The van der Waals surface area contributed by atoms with Crippen LogP contribution in [-0.2, 0) is 0 Å². The van der Waals surface area contributed by atoms with Crippen LogP contribution in [-0.4, -0.2) is 32.5 Å². The summed E-state index contributed by atoms with van der Waals surface area (Å²) >= 11 is 0. The lowest BCUT2D eigenvalue weighted by Crippen LogP contribution is -1.81. The molecular weight excluding hydrogens is 208 g/mol.